The Morgan fingerprint density at radius 1 is 1.44 bits per heavy atom. The van der Waals surface area contributed by atoms with Gasteiger partial charge in [-0.2, -0.15) is 0 Å². The molecule has 0 aromatic heterocycles. The molecule has 86 valence electrons. The van der Waals surface area contributed by atoms with Gasteiger partial charge in [0.15, 0.2) is 5.78 Å². The maximum absolute atomic E-state index is 11.8. The van der Waals surface area contributed by atoms with E-state index in [0.29, 0.717) is 5.75 Å². The first-order valence-electron chi connectivity index (χ1n) is 4.88. The average Bonchev–Trinajstić information content (AvgIpc) is 2.80. The van der Waals surface area contributed by atoms with Gasteiger partial charge >= 0.3 is 0 Å². The molecule has 1 unspecified atom stereocenters. The molecule has 0 saturated carbocycles. The zero-order valence-electron chi connectivity index (χ0n) is 8.50. The number of nitrogens with one attached hydrogen (secondary N) is 3. The van der Waals surface area contributed by atoms with Crippen molar-refractivity contribution in [2.75, 3.05) is 12.4 Å². The predicted octanol–water partition coefficient (Wildman–Crippen LogP) is 1.30. The van der Waals surface area contributed by atoms with E-state index in [-0.39, 0.29) is 11.3 Å². The van der Waals surface area contributed by atoms with Crippen LogP contribution >= 0.6 is 27.7 Å². The van der Waals surface area contributed by atoms with Crippen LogP contribution in [0.4, 0.5) is 0 Å². The number of halogens is 1. The van der Waals surface area contributed by atoms with Crippen molar-refractivity contribution in [1.82, 2.24) is 16.2 Å². The van der Waals surface area contributed by atoms with E-state index in [1.165, 1.54) is 0 Å². The summed E-state index contributed by atoms with van der Waals surface area (Å²) in [7, 11) is 0. The maximum atomic E-state index is 11.8. The van der Waals surface area contributed by atoms with Crippen LogP contribution < -0.4 is 16.2 Å². The number of benzene rings is 1. The van der Waals surface area contributed by atoms with Crippen LogP contribution in [0.2, 0.25) is 0 Å². The van der Waals surface area contributed by atoms with Crippen molar-refractivity contribution in [2.24, 2.45) is 0 Å². The van der Waals surface area contributed by atoms with E-state index in [1.807, 2.05) is 24.3 Å². The van der Waals surface area contributed by atoms with E-state index in [4.69, 9.17) is 0 Å². The summed E-state index contributed by atoms with van der Waals surface area (Å²) in [6, 6.07) is 7.43. The third-order valence-electron chi connectivity index (χ3n) is 2.16. The zero-order valence-corrected chi connectivity index (χ0v) is 10.9. The number of carbonyl (C=O) groups is 1. The van der Waals surface area contributed by atoms with Crippen LogP contribution in [0.3, 0.4) is 0 Å². The number of Topliss-reactive ketones (excluding diaryl/α,β-unsaturated/α-hetero) is 1. The van der Waals surface area contributed by atoms with Gasteiger partial charge in [-0.1, -0.05) is 28.1 Å². The van der Waals surface area contributed by atoms with Gasteiger partial charge in [0.2, 0.25) is 0 Å². The first-order valence-corrected chi connectivity index (χ1v) is 6.72. The summed E-state index contributed by atoms with van der Waals surface area (Å²) in [6.07, 6.45) is 0. The van der Waals surface area contributed by atoms with E-state index in [1.54, 1.807) is 11.8 Å². The van der Waals surface area contributed by atoms with E-state index < -0.39 is 0 Å². The van der Waals surface area contributed by atoms with Crippen molar-refractivity contribution in [1.29, 1.82) is 0 Å². The number of hydrogen-bond acceptors (Lipinski definition) is 5. The van der Waals surface area contributed by atoms with Gasteiger partial charge in [0, 0.05) is 10.0 Å². The minimum atomic E-state index is 0.111. The molecule has 0 amide bonds. The van der Waals surface area contributed by atoms with E-state index in [2.05, 4.69) is 32.1 Å². The Balaban J connectivity index is 1.85. The van der Waals surface area contributed by atoms with Crippen LogP contribution in [0.25, 0.3) is 0 Å². The highest BCUT2D eigenvalue weighted by Gasteiger charge is 2.15. The normalized spacial score (nSPS) is 19.9. The lowest BCUT2D eigenvalue weighted by atomic mass is 10.2. The number of ketones is 1. The summed E-state index contributed by atoms with van der Waals surface area (Å²) >= 11 is 4.89. The lowest BCUT2D eigenvalue weighted by Crippen LogP contribution is -2.31. The van der Waals surface area contributed by atoms with Gasteiger partial charge < -0.3 is 0 Å². The molecule has 0 radical (unpaired) electrons. The molecule has 6 heteroatoms. The molecular weight excluding hydrogens is 290 g/mol. The fourth-order valence-electron chi connectivity index (χ4n) is 1.32. The van der Waals surface area contributed by atoms with Gasteiger partial charge in [-0.25, -0.2) is 10.9 Å². The minimum absolute atomic E-state index is 0.111. The highest BCUT2D eigenvalue weighted by Crippen LogP contribution is 2.14. The molecule has 1 aromatic rings. The summed E-state index contributed by atoms with van der Waals surface area (Å²) in [5.74, 6) is 0.613. The SMILES string of the molecule is O=C(CSC1NCNN1)c1ccc(Br)cc1. The number of hydrazine groups is 1. The Kier molecular flexibility index (Phi) is 4.37. The molecule has 0 aliphatic carbocycles. The maximum Gasteiger partial charge on any atom is 0.172 e. The molecule has 1 aliphatic heterocycles. The van der Waals surface area contributed by atoms with Crippen molar-refractivity contribution < 1.29 is 4.79 Å². The lowest BCUT2D eigenvalue weighted by Gasteiger charge is -2.08. The highest BCUT2D eigenvalue weighted by atomic mass is 79.9. The molecular formula is C10H12BrN3OS. The summed E-state index contributed by atoms with van der Waals surface area (Å²) in [5, 5.41) is 3.15. The second kappa shape index (κ2) is 5.79. The molecule has 1 fully saturated rings. The van der Waals surface area contributed by atoms with Crippen LogP contribution in [0.5, 0.6) is 0 Å². The fourth-order valence-corrected chi connectivity index (χ4v) is 2.43. The van der Waals surface area contributed by atoms with Crippen molar-refractivity contribution >= 4 is 33.5 Å². The third kappa shape index (κ3) is 3.29. The van der Waals surface area contributed by atoms with E-state index >= 15 is 0 Å². The van der Waals surface area contributed by atoms with Gasteiger partial charge in [-0.15, -0.1) is 11.8 Å². The third-order valence-corrected chi connectivity index (χ3v) is 3.73. The topological polar surface area (TPSA) is 53.2 Å². The van der Waals surface area contributed by atoms with Crippen LogP contribution in [0, 0.1) is 0 Å². The fraction of sp³-hybridized carbons (Fsp3) is 0.300. The summed E-state index contributed by atoms with van der Waals surface area (Å²) in [4.78, 5) is 11.8. The molecule has 0 spiro atoms. The summed E-state index contributed by atoms with van der Waals surface area (Å²) in [5.41, 5.74) is 6.82. The van der Waals surface area contributed by atoms with Crippen molar-refractivity contribution in [2.45, 2.75) is 5.50 Å². The van der Waals surface area contributed by atoms with Gasteiger partial charge in [0.25, 0.3) is 0 Å². The Labute approximate surface area is 107 Å². The first-order chi connectivity index (χ1) is 7.75. The second-order valence-corrected chi connectivity index (χ2v) is 5.33. The monoisotopic (exact) mass is 301 g/mol. The van der Waals surface area contributed by atoms with E-state index in [0.717, 1.165) is 16.7 Å². The molecule has 1 aromatic carbocycles. The largest absolute Gasteiger partial charge is 0.293 e. The van der Waals surface area contributed by atoms with Crippen molar-refractivity contribution in [3.8, 4) is 0 Å². The number of carbonyl (C=O) groups excluding carboxylic acids is 1. The first kappa shape index (κ1) is 12.1. The van der Waals surface area contributed by atoms with Crippen molar-refractivity contribution in [3.63, 3.8) is 0 Å². The molecule has 16 heavy (non-hydrogen) atoms. The lowest BCUT2D eigenvalue weighted by molar-refractivity contribution is 0.102. The second-order valence-electron chi connectivity index (χ2n) is 3.32. The molecule has 1 saturated heterocycles. The molecule has 0 bridgehead atoms. The van der Waals surface area contributed by atoms with Crippen LogP contribution in [0.15, 0.2) is 28.7 Å². The zero-order chi connectivity index (χ0) is 11.4. The number of thioether (sulfide) groups is 1. The Bertz CT molecular complexity index is 365. The summed E-state index contributed by atoms with van der Waals surface area (Å²) in [6.45, 7) is 0.726. The quantitative estimate of drug-likeness (QED) is 0.732. The Hall–Kier alpha value is -0.400. The molecule has 1 aliphatic rings. The van der Waals surface area contributed by atoms with Crippen molar-refractivity contribution in [3.05, 3.63) is 34.3 Å². The van der Waals surface area contributed by atoms with Crippen LogP contribution in [0.1, 0.15) is 10.4 Å². The molecule has 3 N–H and O–H groups in total. The van der Waals surface area contributed by atoms with Gasteiger partial charge in [0.05, 0.1) is 12.4 Å². The minimum Gasteiger partial charge on any atom is -0.293 e. The standard InChI is InChI=1S/C10H12BrN3OS/c11-8-3-1-7(2-4-8)9(15)5-16-10-12-6-13-14-10/h1-4,10,12-14H,5-6H2. The summed E-state index contributed by atoms with van der Waals surface area (Å²) < 4.78 is 0.986. The highest BCUT2D eigenvalue weighted by molar-refractivity contribution is 9.10. The Morgan fingerprint density at radius 2 is 2.19 bits per heavy atom. The number of rotatable bonds is 4. The molecule has 2 rings (SSSR count). The number of hydrogen-bond donors (Lipinski definition) is 3. The smallest absolute Gasteiger partial charge is 0.172 e. The average molecular weight is 302 g/mol. The predicted molar refractivity (Wildman–Crippen MR) is 69.0 cm³/mol. The van der Waals surface area contributed by atoms with Crippen LogP contribution in [-0.4, -0.2) is 23.7 Å². The van der Waals surface area contributed by atoms with Gasteiger partial charge in [-0.05, 0) is 12.1 Å². The van der Waals surface area contributed by atoms with Gasteiger partial charge in [-0.3, -0.25) is 10.1 Å². The molecule has 4 nitrogen and oxygen atoms in total. The molecule has 1 heterocycles. The van der Waals surface area contributed by atoms with Gasteiger partial charge in [0.1, 0.15) is 5.50 Å². The molecule has 1 atom stereocenters. The van der Waals surface area contributed by atoms with E-state index in [9.17, 15) is 4.79 Å². The van der Waals surface area contributed by atoms with Crippen LogP contribution in [-0.2, 0) is 0 Å². The Morgan fingerprint density at radius 3 is 2.81 bits per heavy atom.